The van der Waals surface area contributed by atoms with Gasteiger partial charge >= 0.3 is 0 Å². The summed E-state index contributed by atoms with van der Waals surface area (Å²) in [5, 5.41) is 12.2. The predicted molar refractivity (Wildman–Crippen MR) is 72.1 cm³/mol. The minimum Gasteiger partial charge on any atom is -0.311 e. The van der Waals surface area contributed by atoms with E-state index in [0.29, 0.717) is 6.04 Å². The zero-order chi connectivity index (χ0) is 12.1. The molecule has 1 saturated carbocycles. The molecule has 1 aromatic rings. The van der Waals surface area contributed by atoms with Gasteiger partial charge < -0.3 is 5.32 Å². The van der Waals surface area contributed by atoms with E-state index in [4.69, 9.17) is 0 Å². The number of nitrogens with one attached hydrogen (secondary N) is 1. The third-order valence-corrected chi connectivity index (χ3v) is 4.97. The molecule has 5 heteroatoms. The summed E-state index contributed by atoms with van der Waals surface area (Å²) in [5.41, 5.74) is 1.18. The van der Waals surface area contributed by atoms with Crippen LogP contribution >= 0.6 is 11.8 Å². The number of aryl methyl sites for hydroxylation is 1. The smallest absolute Gasteiger partial charge is 0.0761 e. The first-order valence-electron chi connectivity index (χ1n) is 6.44. The van der Waals surface area contributed by atoms with Gasteiger partial charge in [-0.25, -0.2) is 0 Å². The lowest BCUT2D eigenvalue weighted by Gasteiger charge is -2.23. The van der Waals surface area contributed by atoms with Crippen molar-refractivity contribution in [3.8, 4) is 0 Å². The number of thioether (sulfide) groups is 1. The van der Waals surface area contributed by atoms with Gasteiger partial charge in [0.2, 0.25) is 0 Å². The Balaban J connectivity index is 1.85. The second kappa shape index (κ2) is 6.40. The third kappa shape index (κ3) is 3.45. The van der Waals surface area contributed by atoms with Crippen molar-refractivity contribution in [1.29, 1.82) is 0 Å². The van der Waals surface area contributed by atoms with Gasteiger partial charge in [0, 0.05) is 18.1 Å². The van der Waals surface area contributed by atoms with Gasteiger partial charge in [0.15, 0.2) is 0 Å². The molecule has 17 heavy (non-hydrogen) atoms. The third-order valence-electron chi connectivity index (χ3n) is 3.51. The van der Waals surface area contributed by atoms with E-state index < -0.39 is 0 Å². The molecule has 0 amide bonds. The second-order valence-corrected chi connectivity index (χ2v) is 6.05. The van der Waals surface area contributed by atoms with Crippen molar-refractivity contribution in [3.05, 3.63) is 11.9 Å². The van der Waals surface area contributed by atoms with Gasteiger partial charge in [0.25, 0.3) is 0 Å². The minimum atomic E-state index is 0.363. The Labute approximate surface area is 108 Å². The number of rotatable bonds is 5. The number of hydrogen-bond donors (Lipinski definition) is 1. The molecule has 0 bridgehead atoms. The van der Waals surface area contributed by atoms with E-state index in [-0.39, 0.29) is 0 Å². The van der Waals surface area contributed by atoms with Crippen LogP contribution in [0.25, 0.3) is 0 Å². The number of nitrogens with zero attached hydrogens (tertiary/aromatic N) is 3. The van der Waals surface area contributed by atoms with Crippen LogP contribution in [-0.2, 0) is 7.05 Å². The predicted octanol–water partition coefficient (Wildman–Crippen LogP) is 2.14. The molecule has 0 saturated heterocycles. The van der Waals surface area contributed by atoms with Gasteiger partial charge in [-0.05, 0) is 19.9 Å². The Morgan fingerprint density at radius 2 is 2.24 bits per heavy atom. The van der Waals surface area contributed by atoms with Gasteiger partial charge in [-0.15, -0.1) is 5.10 Å². The van der Waals surface area contributed by atoms with Gasteiger partial charge in [-0.2, -0.15) is 11.8 Å². The van der Waals surface area contributed by atoms with Crippen molar-refractivity contribution in [1.82, 2.24) is 20.3 Å². The molecule has 0 radical (unpaired) electrons. The van der Waals surface area contributed by atoms with E-state index in [9.17, 15) is 0 Å². The SMILES string of the molecule is CNC(CSC1CCCCC1)c1cnnn1C. The van der Waals surface area contributed by atoms with Gasteiger partial charge in [0.05, 0.1) is 17.9 Å². The van der Waals surface area contributed by atoms with Gasteiger partial charge in [-0.1, -0.05) is 24.5 Å². The minimum absolute atomic E-state index is 0.363. The maximum absolute atomic E-state index is 4.00. The first-order valence-corrected chi connectivity index (χ1v) is 7.49. The topological polar surface area (TPSA) is 42.7 Å². The number of aromatic nitrogens is 3. The summed E-state index contributed by atoms with van der Waals surface area (Å²) in [5.74, 6) is 1.11. The van der Waals surface area contributed by atoms with Crippen LogP contribution in [0.4, 0.5) is 0 Å². The lowest BCUT2D eigenvalue weighted by atomic mass is 10.0. The van der Waals surface area contributed by atoms with Crippen LogP contribution < -0.4 is 5.32 Å². The van der Waals surface area contributed by atoms with Crippen LogP contribution in [0.3, 0.4) is 0 Å². The summed E-state index contributed by atoms with van der Waals surface area (Å²) in [6.45, 7) is 0. The monoisotopic (exact) mass is 254 g/mol. The van der Waals surface area contributed by atoms with Crippen LogP contribution in [0.2, 0.25) is 0 Å². The molecular formula is C12H22N4S. The molecule has 2 rings (SSSR count). The quantitative estimate of drug-likeness (QED) is 0.874. The van der Waals surface area contributed by atoms with E-state index in [1.165, 1.54) is 37.8 Å². The lowest BCUT2D eigenvalue weighted by molar-refractivity contribution is 0.513. The van der Waals surface area contributed by atoms with E-state index in [2.05, 4.69) is 27.4 Å². The van der Waals surface area contributed by atoms with Crippen molar-refractivity contribution in [2.45, 2.75) is 43.4 Å². The summed E-state index contributed by atoms with van der Waals surface area (Å²) in [6, 6.07) is 0.363. The molecule has 1 aliphatic rings. The molecule has 1 fully saturated rings. The Bertz CT molecular complexity index is 333. The van der Waals surface area contributed by atoms with E-state index in [1.807, 2.05) is 25.0 Å². The molecule has 4 nitrogen and oxygen atoms in total. The van der Waals surface area contributed by atoms with E-state index >= 15 is 0 Å². The highest BCUT2D eigenvalue weighted by atomic mass is 32.2. The van der Waals surface area contributed by atoms with Crippen molar-refractivity contribution in [2.75, 3.05) is 12.8 Å². The average molecular weight is 254 g/mol. The van der Waals surface area contributed by atoms with Crippen molar-refractivity contribution >= 4 is 11.8 Å². The molecular weight excluding hydrogens is 232 g/mol. The Morgan fingerprint density at radius 3 is 2.82 bits per heavy atom. The Kier molecular flexibility index (Phi) is 4.86. The molecule has 1 aliphatic carbocycles. The first kappa shape index (κ1) is 12.9. The Morgan fingerprint density at radius 1 is 1.47 bits per heavy atom. The molecule has 1 unspecified atom stereocenters. The largest absolute Gasteiger partial charge is 0.311 e. The second-order valence-electron chi connectivity index (χ2n) is 4.72. The normalized spacial score (nSPS) is 19.4. The molecule has 0 spiro atoms. The fourth-order valence-corrected chi connectivity index (χ4v) is 3.86. The molecule has 0 aliphatic heterocycles. The number of hydrogen-bond acceptors (Lipinski definition) is 4. The highest BCUT2D eigenvalue weighted by molar-refractivity contribution is 7.99. The van der Waals surface area contributed by atoms with Crippen LogP contribution in [0.15, 0.2) is 6.20 Å². The van der Waals surface area contributed by atoms with Crippen LogP contribution in [-0.4, -0.2) is 33.0 Å². The van der Waals surface area contributed by atoms with Crippen molar-refractivity contribution in [2.24, 2.45) is 7.05 Å². The van der Waals surface area contributed by atoms with E-state index in [0.717, 1.165) is 11.0 Å². The van der Waals surface area contributed by atoms with Crippen molar-refractivity contribution < 1.29 is 0 Å². The Hall–Kier alpha value is -0.550. The summed E-state index contributed by atoms with van der Waals surface area (Å²) in [4.78, 5) is 0. The summed E-state index contributed by atoms with van der Waals surface area (Å²) < 4.78 is 1.86. The molecule has 1 heterocycles. The highest BCUT2D eigenvalue weighted by Gasteiger charge is 2.18. The van der Waals surface area contributed by atoms with Crippen LogP contribution in [0.5, 0.6) is 0 Å². The summed E-state index contributed by atoms with van der Waals surface area (Å²) in [7, 11) is 3.97. The lowest BCUT2D eigenvalue weighted by Crippen LogP contribution is -2.23. The fourth-order valence-electron chi connectivity index (χ4n) is 2.39. The van der Waals surface area contributed by atoms with Crippen LogP contribution in [0, 0.1) is 0 Å². The maximum Gasteiger partial charge on any atom is 0.0761 e. The summed E-state index contributed by atoms with van der Waals surface area (Å²) >= 11 is 2.11. The maximum atomic E-state index is 4.00. The van der Waals surface area contributed by atoms with Crippen LogP contribution in [0.1, 0.15) is 43.8 Å². The van der Waals surface area contributed by atoms with Gasteiger partial charge in [-0.3, -0.25) is 4.68 Å². The standard InChI is InChI=1S/C12H22N4S/c1-13-11(12-8-14-15-16(12)2)9-17-10-6-4-3-5-7-10/h8,10-11,13H,3-7,9H2,1-2H3. The van der Waals surface area contributed by atoms with Gasteiger partial charge in [0.1, 0.15) is 0 Å². The van der Waals surface area contributed by atoms with E-state index in [1.54, 1.807) is 0 Å². The molecule has 96 valence electrons. The average Bonchev–Trinajstić information content (AvgIpc) is 2.78. The van der Waals surface area contributed by atoms with Crippen molar-refractivity contribution in [3.63, 3.8) is 0 Å². The first-order chi connectivity index (χ1) is 8.31. The molecule has 1 N–H and O–H groups in total. The highest BCUT2D eigenvalue weighted by Crippen LogP contribution is 2.30. The molecule has 1 atom stereocenters. The zero-order valence-electron chi connectivity index (χ0n) is 10.7. The summed E-state index contributed by atoms with van der Waals surface area (Å²) in [6.07, 6.45) is 8.90. The molecule has 1 aromatic heterocycles. The zero-order valence-corrected chi connectivity index (χ0v) is 11.5. The molecule has 0 aromatic carbocycles. The fraction of sp³-hybridized carbons (Fsp3) is 0.833.